The molecular formula is C22H25BrN8O2. The van der Waals surface area contributed by atoms with Crippen molar-refractivity contribution in [1.82, 2.24) is 29.7 Å². The van der Waals surface area contributed by atoms with E-state index in [2.05, 4.69) is 57.9 Å². The van der Waals surface area contributed by atoms with Crippen LogP contribution in [0.3, 0.4) is 0 Å². The van der Waals surface area contributed by atoms with Crippen LogP contribution in [0.2, 0.25) is 0 Å². The van der Waals surface area contributed by atoms with Gasteiger partial charge in [0.2, 0.25) is 5.89 Å². The van der Waals surface area contributed by atoms with Crippen molar-refractivity contribution in [3.05, 3.63) is 68.3 Å². The smallest absolute Gasteiger partial charge is 0.328 e. The number of amidine groups is 1. The molecule has 0 aliphatic heterocycles. The number of benzene rings is 1. The highest BCUT2D eigenvalue weighted by Gasteiger charge is 2.13. The topological polar surface area (TPSA) is 130 Å². The monoisotopic (exact) mass is 512 g/mol. The van der Waals surface area contributed by atoms with Crippen LogP contribution in [-0.4, -0.2) is 42.5 Å². The number of nitrogens with one attached hydrogen (secondary N) is 2. The van der Waals surface area contributed by atoms with Gasteiger partial charge in [-0.3, -0.25) is 14.5 Å². The van der Waals surface area contributed by atoms with E-state index in [9.17, 15) is 4.79 Å². The van der Waals surface area contributed by atoms with Crippen LogP contribution in [-0.2, 0) is 19.4 Å². The lowest BCUT2D eigenvalue weighted by atomic mass is 10.1. The molecule has 4 aromatic rings. The number of rotatable bonds is 8. The number of hydrogen-bond donors (Lipinski definition) is 2. The summed E-state index contributed by atoms with van der Waals surface area (Å²) in [7, 11) is 1.66. The summed E-state index contributed by atoms with van der Waals surface area (Å²) in [5, 5.41) is 4.06. The van der Waals surface area contributed by atoms with Crippen LogP contribution in [0.15, 0.2) is 54.4 Å². The molecule has 0 saturated carbocycles. The van der Waals surface area contributed by atoms with Crippen molar-refractivity contribution in [2.45, 2.75) is 45.6 Å². The van der Waals surface area contributed by atoms with Crippen molar-refractivity contribution in [2.24, 2.45) is 9.98 Å². The first kappa shape index (κ1) is 22.8. The Balaban J connectivity index is 1.53. The van der Waals surface area contributed by atoms with Crippen LogP contribution in [0.5, 0.6) is 0 Å². The van der Waals surface area contributed by atoms with E-state index < -0.39 is 0 Å². The van der Waals surface area contributed by atoms with Gasteiger partial charge in [-0.15, -0.1) is 0 Å². The molecule has 0 saturated heterocycles. The van der Waals surface area contributed by atoms with Crippen molar-refractivity contribution in [3.63, 3.8) is 0 Å². The molecule has 10 nitrogen and oxygen atoms in total. The first-order valence-corrected chi connectivity index (χ1v) is 11.6. The van der Waals surface area contributed by atoms with E-state index in [4.69, 9.17) is 4.52 Å². The van der Waals surface area contributed by atoms with Gasteiger partial charge in [-0.2, -0.15) is 4.98 Å². The van der Waals surface area contributed by atoms with Gasteiger partial charge in [0.05, 0.1) is 0 Å². The predicted octanol–water partition coefficient (Wildman–Crippen LogP) is 3.15. The zero-order valence-corrected chi connectivity index (χ0v) is 20.1. The Labute approximate surface area is 198 Å². The maximum absolute atomic E-state index is 12.7. The van der Waals surface area contributed by atoms with Gasteiger partial charge in [0.15, 0.2) is 21.7 Å². The summed E-state index contributed by atoms with van der Waals surface area (Å²) < 4.78 is 7.54. The zero-order valence-electron chi connectivity index (χ0n) is 18.5. The standard InChI is InChI=1S/C22H25BrN8O2/c1-3-4-12-31-20-18(27-21(23)29-20)19(28-22(31)32)26-15(24-2)10-11-17-25-16(30-33-17)13-14-8-6-5-7-9-14/h5-9H,3-4,10-13H2,1-2H3,(H,27,29)(H,24,26,28,32). The summed E-state index contributed by atoms with van der Waals surface area (Å²) in [5.74, 6) is 1.70. The average molecular weight is 513 g/mol. The van der Waals surface area contributed by atoms with E-state index in [0.29, 0.717) is 64.7 Å². The number of H-pyrrole nitrogens is 2. The highest BCUT2D eigenvalue weighted by atomic mass is 79.9. The maximum Gasteiger partial charge on any atom is 0.328 e. The summed E-state index contributed by atoms with van der Waals surface area (Å²) in [6.07, 6.45) is 3.43. The second-order valence-corrected chi connectivity index (χ2v) is 8.28. The molecule has 4 rings (SSSR count). The van der Waals surface area contributed by atoms with Gasteiger partial charge in [-0.05, 0) is 27.9 Å². The summed E-state index contributed by atoms with van der Waals surface area (Å²) in [4.78, 5) is 36.4. The van der Waals surface area contributed by atoms with Gasteiger partial charge in [0.25, 0.3) is 0 Å². The third-order valence-corrected chi connectivity index (χ3v) is 5.51. The number of aromatic nitrogens is 6. The number of hydrogen-bond acceptors (Lipinski definition) is 6. The van der Waals surface area contributed by atoms with Crippen molar-refractivity contribution in [3.8, 4) is 0 Å². The first-order valence-electron chi connectivity index (χ1n) is 10.8. The highest BCUT2D eigenvalue weighted by Crippen LogP contribution is 2.11. The molecule has 0 aliphatic carbocycles. The van der Waals surface area contributed by atoms with Crippen molar-refractivity contribution in [2.75, 3.05) is 7.05 Å². The van der Waals surface area contributed by atoms with E-state index >= 15 is 0 Å². The Morgan fingerprint density at radius 1 is 1.21 bits per heavy atom. The quantitative estimate of drug-likeness (QED) is 0.212. The number of aryl methyl sites for hydroxylation is 2. The first-order chi connectivity index (χ1) is 16.1. The van der Waals surface area contributed by atoms with Crippen LogP contribution in [0, 0.1) is 0 Å². The van der Waals surface area contributed by atoms with Crippen molar-refractivity contribution in [1.29, 1.82) is 0 Å². The van der Waals surface area contributed by atoms with Gasteiger partial charge in [0.1, 0.15) is 11.4 Å². The molecule has 3 aromatic heterocycles. The fourth-order valence-electron chi connectivity index (χ4n) is 3.44. The average Bonchev–Trinajstić information content (AvgIpc) is 3.43. The van der Waals surface area contributed by atoms with E-state index in [1.165, 1.54) is 0 Å². The highest BCUT2D eigenvalue weighted by molar-refractivity contribution is 9.10. The fourth-order valence-corrected chi connectivity index (χ4v) is 3.80. The molecule has 33 heavy (non-hydrogen) atoms. The Hall–Kier alpha value is -3.34. The van der Waals surface area contributed by atoms with Crippen LogP contribution >= 0.6 is 15.9 Å². The molecule has 0 unspecified atom stereocenters. The largest absolute Gasteiger partial charge is 0.339 e. The SMILES string of the molecule is CCCCn1c(=O)[nH]/c(=N\C(CCc2nc(Cc3ccccc3)no2)=N/C)c2[nH]c(Br)nc21. The van der Waals surface area contributed by atoms with E-state index in [-0.39, 0.29) is 5.69 Å². The van der Waals surface area contributed by atoms with Crippen molar-refractivity contribution >= 4 is 32.9 Å². The molecule has 0 bridgehead atoms. The van der Waals surface area contributed by atoms with Crippen molar-refractivity contribution < 1.29 is 4.52 Å². The minimum atomic E-state index is -0.258. The predicted molar refractivity (Wildman–Crippen MR) is 128 cm³/mol. The second kappa shape index (κ2) is 10.5. The Bertz CT molecular complexity index is 1380. The summed E-state index contributed by atoms with van der Waals surface area (Å²) >= 11 is 3.36. The number of unbranched alkanes of at least 4 members (excludes halogenated alkanes) is 1. The molecule has 2 N–H and O–H groups in total. The van der Waals surface area contributed by atoms with Crippen LogP contribution in [0.4, 0.5) is 0 Å². The molecule has 0 amide bonds. The molecule has 0 radical (unpaired) electrons. The normalized spacial score (nSPS) is 12.7. The Morgan fingerprint density at radius 2 is 2.03 bits per heavy atom. The third-order valence-electron chi connectivity index (χ3n) is 5.13. The number of imidazole rings is 1. The molecule has 1 aromatic carbocycles. The Kier molecular flexibility index (Phi) is 7.28. The lowest BCUT2D eigenvalue weighted by Gasteiger charge is -2.05. The zero-order chi connectivity index (χ0) is 23.2. The summed E-state index contributed by atoms with van der Waals surface area (Å²) in [6, 6.07) is 9.99. The van der Waals surface area contributed by atoms with Gasteiger partial charge in [-0.1, -0.05) is 48.8 Å². The van der Waals surface area contributed by atoms with Gasteiger partial charge < -0.3 is 9.51 Å². The number of nitrogens with zero attached hydrogens (tertiary/aromatic N) is 6. The lowest BCUT2D eigenvalue weighted by Crippen LogP contribution is -2.31. The number of aromatic amines is 2. The molecule has 0 atom stereocenters. The van der Waals surface area contributed by atoms with Gasteiger partial charge in [-0.25, -0.2) is 14.8 Å². The Morgan fingerprint density at radius 3 is 2.79 bits per heavy atom. The third kappa shape index (κ3) is 5.54. The summed E-state index contributed by atoms with van der Waals surface area (Å²) in [6.45, 7) is 2.66. The second-order valence-electron chi connectivity index (χ2n) is 7.53. The molecule has 0 aliphatic rings. The van der Waals surface area contributed by atoms with Gasteiger partial charge in [0, 0.05) is 32.9 Å². The van der Waals surface area contributed by atoms with E-state index in [1.807, 2.05) is 30.3 Å². The molecule has 0 fully saturated rings. The van der Waals surface area contributed by atoms with Crippen LogP contribution < -0.4 is 11.2 Å². The van der Waals surface area contributed by atoms with Crippen LogP contribution in [0.1, 0.15) is 43.5 Å². The summed E-state index contributed by atoms with van der Waals surface area (Å²) in [5.41, 5.74) is 2.44. The minimum Gasteiger partial charge on any atom is -0.339 e. The lowest BCUT2D eigenvalue weighted by molar-refractivity contribution is 0.375. The van der Waals surface area contributed by atoms with Gasteiger partial charge >= 0.3 is 5.69 Å². The number of aliphatic imine (C=N–C) groups is 1. The molecular weight excluding hydrogens is 488 g/mol. The van der Waals surface area contributed by atoms with E-state index in [0.717, 1.165) is 18.4 Å². The van der Waals surface area contributed by atoms with Crippen LogP contribution in [0.25, 0.3) is 11.2 Å². The molecule has 172 valence electrons. The maximum atomic E-state index is 12.7. The minimum absolute atomic E-state index is 0.258. The fraction of sp³-hybridized carbons (Fsp3) is 0.364. The number of halogens is 1. The number of fused-ring (bicyclic) bond motifs is 1. The molecule has 0 spiro atoms. The molecule has 11 heteroatoms. The molecule has 3 heterocycles. The van der Waals surface area contributed by atoms with E-state index in [1.54, 1.807) is 11.6 Å².